The maximum Gasteiger partial charge on any atom is 0.312 e. The molecule has 0 spiro atoms. The Morgan fingerprint density at radius 2 is 1.83 bits per heavy atom. The summed E-state index contributed by atoms with van der Waals surface area (Å²) in [4.78, 5) is 15.7. The van der Waals surface area contributed by atoms with Gasteiger partial charge in [0.1, 0.15) is 11.3 Å². The van der Waals surface area contributed by atoms with Crippen LogP contribution in [0, 0.1) is 10.1 Å². The number of nitrogens with zero attached hydrogens (tertiary/aromatic N) is 4. The van der Waals surface area contributed by atoms with Crippen molar-refractivity contribution >= 4 is 63.1 Å². The predicted molar refractivity (Wildman–Crippen MR) is 137 cm³/mol. The van der Waals surface area contributed by atoms with Gasteiger partial charge in [-0.15, -0.1) is 11.3 Å². The molecule has 0 amide bonds. The van der Waals surface area contributed by atoms with Crippen LogP contribution in [0.5, 0.6) is 5.75 Å². The molecule has 0 aliphatic rings. The summed E-state index contributed by atoms with van der Waals surface area (Å²) in [5.41, 5.74) is 1.53. The fraction of sp³-hybridized carbons (Fsp3) is 0. The lowest BCUT2D eigenvalue weighted by Gasteiger charge is -2.03. The topological polar surface area (TPSA) is 106 Å². The van der Waals surface area contributed by atoms with Gasteiger partial charge in [-0.25, -0.2) is 9.67 Å². The molecule has 0 aliphatic carbocycles. The van der Waals surface area contributed by atoms with Crippen LogP contribution in [0.15, 0.2) is 86.6 Å². The number of aromatic hydroxyl groups is 1. The molecule has 174 valence electrons. The molecule has 0 atom stereocenters. The van der Waals surface area contributed by atoms with E-state index in [9.17, 15) is 15.2 Å². The molecule has 3 aromatic carbocycles. The van der Waals surface area contributed by atoms with Gasteiger partial charge < -0.3 is 9.52 Å². The van der Waals surface area contributed by atoms with Crippen molar-refractivity contribution in [3.05, 3.63) is 103 Å². The number of nitro benzene ring substituents is 1. The summed E-state index contributed by atoms with van der Waals surface area (Å²) in [5.74, 6) is 0.0129. The average molecular weight is 525 g/mol. The Kier molecular flexibility index (Phi) is 6.12. The minimum Gasteiger partial charge on any atom is -0.502 e. The Morgan fingerprint density at radius 1 is 1.06 bits per heavy atom. The Labute approximate surface area is 211 Å². The molecule has 0 saturated heterocycles. The van der Waals surface area contributed by atoms with Crippen LogP contribution in [-0.4, -0.2) is 20.9 Å². The van der Waals surface area contributed by atoms with Gasteiger partial charge >= 0.3 is 5.69 Å². The number of halogens is 2. The highest BCUT2D eigenvalue weighted by Crippen LogP contribution is 2.33. The van der Waals surface area contributed by atoms with Crippen molar-refractivity contribution in [2.75, 3.05) is 0 Å². The molecule has 5 rings (SSSR count). The highest BCUT2D eigenvalue weighted by atomic mass is 35.5. The van der Waals surface area contributed by atoms with E-state index in [1.807, 2.05) is 35.7 Å². The first-order valence-electron chi connectivity index (χ1n) is 10.1. The molecule has 5 aromatic rings. The molecule has 11 heteroatoms. The highest BCUT2D eigenvalue weighted by Gasteiger charge is 2.18. The molecule has 2 aromatic heterocycles. The number of para-hydroxylation sites is 1. The van der Waals surface area contributed by atoms with E-state index >= 15 is 0 Å². The van der Waals surface area contributed by atoms with E-state index < -0.39 is 16.4 Å². The van der Waals surface area contributed by atoms with Crippen molar-refractivity contribution in [3.63, 3.8) is 0 Å². The molecule has 2 heterocycles. The van der Waals surface area contributed by atoms with Gasteiger partial charge in [0.2, 0.25) is 10.6 Å². The summed E-state index contributed by atoms with van der Waals surface area (Å²) in [7, 11) is 0. The lowest BCUT2D eigenvalue weighted by atomic mass is 10.2. The van der Waals surface area contributed by atoms with Crippen molar-refractivity contribution in [2.24, 2.45) is 10.1 Å². The van der Waals surface area contributed by atoms with E-state index in [2.05, 4.69) is 10.1 Å². The fourth-order valence-electron chi connectivity index (χ4n) is 3.36. The van der Waals surface area contributed by atoms with E-state index in [4.69, 9.17) is 27.6 Å². The zero-order valence-corrected chi connectivity index (χ0v) is 20.0. The molecule has 0 saturated carbocycles. The number of rotatable bonds is 5. The van der Waals surface area contributed by atoms with E-state index in [1.54, 1.807) is 24.3 Å². The molecule has 0 unspecified atom stereocenters. The number of aromatic nitrogens is 1. The Hall–Kier alpha value is -3.92. The zero-order chi connectivity index (χ0) is 24.5. The third-order valence-electron chi connectivity index (χ3n) is 5.01. The van der Waals surface area contributed by atoms with E-state index in [1.165, 1.54) is 28.3 Å². The van der Waals surface area contributed by atoms with Crippen LogP contribution in [0.1, 0.15) is 5.56 Å². The van der Waals surface area contributed by atoms with Crippen molar-refractivity contribution in [3.8, 4) is 17.2 Å². The second-order valence-corrected chi connectivity index (χ2v) is 9.03. The smallest absolute Gasteiger partial charge is 0.312 e. The first kappa shape index (κ1) is 22.9. The number of hydrogen-bond acceptors (Lipinski definition) is 7. The SMILES string of the molecule is O=[N+]([O-])c1cc(Cl)cc(C=Nn2c(-c3cc4ccccc4o3)csc2=Nc2ccc(Cl)cc2)c1O. The van der Waals surface area contributed by atoms with Crippen LogP contribution in [0.25, 0.3) is 22.4 Å². The summed E-state index contributed by atoms with van der Waals surface area (Å²) < 4.78 is 7.54. The van der Waals surface area contributed by atoms with Gasteiger partial charge in [0.15, 0.2) is 5.76 Å². The lowest BCUT2D eigenvalue weighted by molar-refractivity contribution is -0.385. The van der Waals surface area contributed by atoms with Crippen LogP contribution in [0.2, 0.25) is 10.0 Å². The summed E-state index contributed by atoms with van der Waals surface area (Å²) in [6.07, 6.45) is 1.29. The van der Waals surface area contributed by atoms with Crippen molar-refractivity contribution in [1.82, 2.24) is 4.68 Å². The fourth-order valence-corrected chi connectivity index (χ4v) is 4.54. The molecule has 0 bridgehead atoms. The van der Waals surface area contributed by atoms with Crippen molar-refractivity contribution in [2.45, 2.75) is 0 Å². The number of nitro groups is 1. The minimum atomic E-state index is -0.711. The number of thiazole rings is 1. The number of fused-ring (bicyclic) bond motifs is 1. The molecule has 35 heavy (non-hydrogen) atoms. The largest absolute Gasteiger partial charge is 0.502 e. The molecular weight excluding hydrogens is 511 g/mol. The molecular formula is C24H14Cl2N4O4S. The number of hydrogen-bond donors (Lipinski definition) is 1. The molecule has 0 radical (unpaired) electrons. The van der Waals surface area contributed by atoms with Gasteiger partial charge in [-0.05, 0) is 42.5 Å². The number of furan rings is 1. The normalized spacial score (nSPS) is 12.1. The molecule has 1 N–H and O–H groups in total. The van der Waals surface area contributed by atoms with Gasteiger partial charge in [0, 0.05) is 32.4 Å². The zero-order valence-electron chi connectivity index (χ0n) is 17.6. The second kappa shape index (κ2) is 9.38. The minimum absolute atomic E-state index is 0.0795. The van der Waals surface area contributed by atoms with E-state index in [0.717, 1.165) is 11.5 Å². The van der Waals surface area contributed by atoms with Crippen molar-refractivity contribution in [1.29, 1.82) is 0 Å². The number of phenolic OH excluding ortho intramolecular Hbond substituents is 1. The van der Waals surface area contributed by atoms with E-state index in [-0.39, 0.29) is 10.6 Å². The number of benzene rings is 3. The third kappa shape index (κ3) is 4.69. The quantitative estimate of drug-likeness (QED) is 0.152. The summed E-state index contributed by atoms with van der Waals surface area (Å²) in [6, 6.07) is 18.9. The third-order valence-corrected chi connectivity index (χ3v) is 6.29. The Morgan fingerprint density at radius 3 is 2.57 bits per heavy atom. The monoisotopic (exact) mass is 524 g/mol. The molecule has 0 fully saturated rings. The van der Waals surface area contributed by atoms with Gasteiger partial charge in [0.25, 0.3) is 0 Å². The first-order valence-corrected chi connectivity index (χ1v) is 11.7. The second-order valence-electron chi connectivity index (χ2n) is 7.32. The molecule has 0 aliphatic heterocycles. The summed E-state index contributed by atoms with van der Waals surface area (Å²) >= 11 is 13.3. The van der Waals surface area contributed by atoms with Gasteiger partial charge in [-0.1, -0.05) is 41.4 Å². The van der Waals surface area contributed by atoms with Crippen molar-refractivity contribution < 1.29 is 14.4 Å². The average Bonchev–Trinajstić information content (AvgIpc) is 3.44. The van der Waals surface area contributed by atoms with Gasteiger partial charge in [-0.2, -0.15) is 5.10 Å². The van der Waals surface area contributed by atoms with Crippen LogP contribution < -0.4 is 4.80 Å². The lowest BCUT2D eigenvalue weighted by Crippen LogP contribution is -2.11. The summed E-state index contributed by atoms with van der Waals surface area (Å²) in [6.45, 7) is 0. The van der Waals surface area contributed by atoms with Crippen LogP contribution in [0.4, 0.5) is 11.4 Å². The first-order chi connectivity index (χ1) is 16.9. The maximum absolute atomic E-state index is 11.3. The Bertz CT molecular complexity index is 1640. The maximum atomic E-state index is 11.3. The highest BCUT2D eigenvalue weighted by molar-refractivity contribution is 7.07. The Balaban J connectivity index is 1.67. The van der Waals surface area contributed by atoms with Gasteiger partial charge in [0.05, 0.1) is 16.8 Å². The van der Waals surface area contributed by atoms with Crippen LogP contribution in [0.3, 0.4) is 0 Å². The van der Waals surface area contributed by atoms with Gasteiger partial charge in [-0.3, -0.25) is 10.1 Å². The van der Waals surface area contributed by atoms with E-state index in [0.29, 0.717) is 32.5 Å². The molecule has 8 nitrogen and oxygen atoms in total. The standard InChI is InChI=1S/C24H14Cl2N4O4S/c25-16-5-7-18(8-6-16)28-24-29(27-12-15-9-17(26)11-19(23(15)31)30(32)33)20(13-35-24)22-10-14-3-1-2-4-21(14)34-22/h1-13,31H. The number of phenols is 1. The predicted octanol–water partition coefficient (Wildman–Crippen LogP) is 7.00. The summed E-state index contributed by atoms with van der Waals surface area (Å²) in [5, 5.41) is 29.6. The van der Waals surface area contributed by atoms with Crippen LogP contribution >= 0.6 is 34.5 Å². The van der Waals surface area contributed by atoms with Crippen LogP contribution in [-0.2, 0) is 0 Å².